The van der Waals surface area contributed by atoms with E-state index in [1.54, 1.807) is 0 Å². The average Bonchev–Trinajstić information content (AvgIpc) is 2.77. The van der Waals surface area contributed by atoms with E-state index in [1.807, 2.05) is 36.0 Å². The van der Waals surface area contributed by atoms with Crippen LogP contribution < -0.4 is 4.90 Å². The molecule has 0 saturated carbocycles. The Morgan fingerprint density at radius 2 is 1.83 bits per heavy atom. The number of hydrogen-bond acceptors (Lipinski definition) is 3. The van der Waals surface area contributed by atoms with Crippen molar-refractivity contribution in [2.45, 2.75) is 10.3 Å². The Labute approximate surface area is 111 Å². The molecule has 0 bridgehead atoms. The molecule has 0 amide bonds. The maximum absolute atomic E-state index is 10.7. The van der Waals surface area contributed by atoms with E-state index in [2.05, 4.69) is 36.2 Å². The van der Waals surface area contributed by atoms with Crippen LogP contribution in [0.1, 0.15) is 21.3 Å². The lowest BCUT2D eigenvalue weighted by atomic mass is 10.1. The Balaban J connectivity index is 1.93. The van der Waals surface area contributed by atoms with Crippen molar-refractivity contribution in [2.24, 2.45) is 0 Å². The van der Waals surface area contributed by atoms with Crippen molar-refractivity contribution in [1.82, 2.24) is 0 Å². The number of carbonyl (C=O) groups excluding carboxylic acids is 1. The number of anilines is 1. The second kappa shape index (κ2) is 4.50. The van der Waals surface area contributed by atoms with Gasteiger partial charge in [0, 0.05) is 17.5 Å². The summed E-state index contributed by atoms with van der Waals surface area (Å²) >= 11 is 1.85. The predicted molar refractivity (Wildman–Crippen MR) is 75.3 cm³/mol. The number of carbonyl (C=O) groups is 1. The van der Waals surface area contributed by atoms with Gasteiger partial charge in [0.2, 0.25) is 0 Å². The highest BCUT2D eigenvalue weighted by Crippen LogP contribution is 2.50. The lowest BCUT2D eigenvalue weighted by Crippen LogP contribution is -2.16. The number of para-hydroxylation sites is 1. The van der Waals surface area contributed by atoms with Crippen LogP contribution in [-0.4, -0.2) is 13.3 Å². The number of benzene rings is 2. The summed E-state index contributed by atoms with van der Waals surface area (Å²) in [7, 11) is 2.11. The molecule has 1 atom stereocenters. The van der Waals surface area contributed by atoms with Crippen LogP contribution in [0.3, 0.4) is 0 Å². The molecule has 1 aliphatic heterocycles. The fourth-order valence-corrected chi connectivity index (χ4v) is 3.50. The monoisotopic (exact) mass is 255 g/mol. The molecular weight excluding hydrogens is 242 g/mol. The van der Waals surface area contributed by atoms with E-state index in [0.717, 1.165) is 11.8 Å². The summed E-state index contributed by atoms with van der Waals surface area (Å²) in [4.78, 5) is 14.2. The standard InChI is InChI=1S/C15H13NOS/c1-16-13-4-2-3-5-14(13)18-15(16)12-8-6-11(10-17)7-9-12/h2-10,15H,1H3. The summed E-state index contributed by atoms with van der Waals surface area (Å²) in [5.41, 5.74) is 3.22. The highest BCUT2D eigenvalue weighted by Gasteiger charge is 2.27. The molecule has 3 heteroatoms. The van der Waals surface area contributed by atoms with Gasteiger partial charge in [0.05, 0.1) is 5.69 Å². The molecule has 1 aliphatic rings. The van der Waals surface area contributed by atoms with Gasteiger partial charge in [0.15, 0.2) is 0 Å². The summed E-state index contributed by atoms with van der Waals surface area (Å²) in [5, 5.41) is 0.295. The van der Waals surface area contributed by atoms with Crippen molar-refractivity contribution < 1.29 is 4.79 Å². The van der Waals surface area contributed by atoms with Gasteiger partial charge in [-0.25, -0.2) is 0 Å². The molecule has 1 heterocycles. The van der Waals surface area contributed by atoms with Crippen molar-refractivity contribution in [2.75, 3.05) is 11.9 Å². The first-order valence-corrected chi connectivity index (χ1v) is 6.71. The number of nitrogens with zero attached hydrogens (tertiary/aromatic N) is 1. The van der Waals surface area contributed by atoms with Crippen LogP contribution in [0, 0.1) is 0 Å². The Morgan fingerprint density at radius 3 is 2.50 bits per heavy atom. The zero-order valence-corrected chi connectivity index (χ0v) is 10.9. The normalized spacial score (nSPS) is 17.6. The van der Waals surface area contributed by atoms with Crippen LogP contribution in [0.5, 0.6) is 0 Å². The van der Waals surface area contributed by atoms with Gasteiger partial charge in [-0.05, 0) is 17.7 Å². The zero-order chi connectivity index (χ0) is 12.5. The third kappa shape index (κ3) is 1.81. The van der Waals surface area contributed by atoms with E-state index in [4.69, 9.17) is 0 Å². The molecule has 0 radical (unpaired) electrons. The lowest BCUT2D eigenvalue weighted by molar-refractivity contribution is 0.112. The quantitative estimate of drug-likeness (QED) is 0.762. The molecule has 1 unspecified atom stereocenters. The average molecular weight is 255 g/mol. The molecule has 90 valence electrons. The van der Waals surface area contributed by atoms with Crippen LogP contribution >= 0.6 is 11.8 Å². The molecule has 0 aliphatic carbocycles. The largest absolute Gasteiger partial charge is 0.357 e. The minimum absolute atomic E-state index is 0.295. The van der Waals surface area contributed by atoms with Crippen molar-refractivity contribution in [3.8, 4) is 0 Å². The molecular formula is C15H13NOS. The molecule has 0 fully saturated rings. The third-order valence-corrected chi connectivity index (χ3v) is 4.60. The summed E-state index contributed by atoms with van der Waals surface area (Å²) in [6.07, 6.45) is 0.879. The molecule has 0 N–H and O–H groups in total. The molecule has 2 aromatic carbocycles. The van der Waals surface area contributed by atoms with Gasteiger partial charge in [-0.15, -0.1) is 0 Å². The number of aldehydes is 1. The summed E-state index contributed by atoms with van der Waals surface area (Å²) in [6.45, 7) is 0. The van der Waals surface area contributed by atoms with Crippen molar-refractivity contribution >= 4 is 23.7 Å². The van der Waals surface area contributed by atoms with Crippen LogP contribution in [0.15, 0.2) is 53.4 Å². The summed E-state index contributed by atoms with van der Waals surface area (Å²) < 4.78 is 0. The summed E-state index contributed by atoms with van der Waals surface area (Å²) in [6, 6.07) is 16.2. The van der Waals surface area contributed by atoms with Crippen LogP contribution in [0.4, 0.5) is 5.69 Å². The van der Waals surface area contributed by atoms with Crippen LogP contribution in [0.25, 0.3) is 0 Å². The van der Waals surface area contributed by atoms with Gasteiger partial charge in [-0.2, -0.15) is 0 Å². The highest BCUT2D eigenvalue weighted by molar-refractivity contribution is 8.00. The Bertz CT molecular complexity index is 579. The molecule has 18 heavy (non-hydrogen) atoms. The van der Waals surface area contributed by atoms with E-state index < -0.39 is 0 Å². The zero-order valence-electron chi connectivity index (χ0n) is 10.0. The van der Waals surface area contributed by atoms with Gasteiger partial charge < -0.3 is 4.90 Å². The lowest BCUT2D eigenvalue weighted by Gasteiger charge is -2.21. The van der Waals surface area contributed by atoms with E-state index in [-0.39, 0.29) is 0 Å². The van der Waals surface area contributed by atoms with E-state index >= 15 is 0 Å². The summed E-state index contributed by atoms with van der Waals surface area (Å²) in [5.74, 6) is 0. The van der Waals surface area contributed by atoms with Gasteiger partial charge in [-0.1, -0.05) is 48.2 Å². The third-order valence-electron chi connectivity index (χ3n) is 3.19. The predicted octanol–water partition coefficient (Wildman–Crippen LogP) is 3.74. The van der Waals surface area contributed by atoms with Crippen LogP contribution in [-0.2, 0) is 0 Å². The maximum atomic E-state index is 10.7. The number of hydrogen-bond donors (Lipinski definition) is 0. The second-order valence-electron chi connectivity index (χ2n) is 4.33. The number of thioether (sulfide) groups is 1. The molecule has 2 nitrogen and oxygen atoms in total. The van der Waals surface area contributed by atoms with Gasteiger partial charge in [-0.3, -0.25) is 4.79 Å². The van der Waals surface area contributed by atoms with E-state index in [1.165, 1.54) is 16.1 Å². The first-order chi connectivity index (χ1) is 8.79. The number of rotatable bonds is 2. The highest BCUT2D eigenvalue weighted by atomic mass is 32.2. The molecule has 3 rings (SSSR count). The van der Waals surface area contributed by atoms with Crippen molar-refractivity contribution in [1.29, 1.82) is 0 Å². The fraction of sp³-hybridized carbons (Fsp3) is 0.133. The van der Waals surface area contributed by atoms with E-state index in [0.29, 0.717) is 5.37 Å². The first-order valence-electron chi connectivity index (χ1n) is 5.83. The van der Waals surface area contributed by atoms with Crippen LogP contribution in [0.2, 0.25) is 0 Å². The van der Waals surface area contributed by atoms with Gasteiger partial charge in [0.25, 0.3) is 0 Å². The SMILES string of the molecule is CN1c2ccccc2SC1c1ccc(C=O)cc1. The smallest absolute Gasteiger partial charge is 0.150 e. The van der Waals surface area contributed by atoms with Gasteiger partial charge >= 0.3 is 0 Å². The Morgan fingerprint density at radius 1 is 1.11 bits per heavy atom. The first kappa shape index (κ1) is 11.4. The molecule has 0 spiro atoms. The van der Waals surface area contributed by atoms with Crippen molar-refractivity contribution in [3.63, 3.8) is 0 Å². The Kier molecular flexibility index (Phi) is 2.84. The minimum Gasteiger partial charge on any atom is -0.357 e. The number of fused-ring (bicyclic) bond motifs is 1. The molecule has 0 saturated heterocycles. The van der Waals surface area contributed by atoms with E-state index in [9.17, 15) is 4.79 Å². The fourth-order valence-electron chi connectivity index (χ4n) is 2.20. The topological polar surface area (TPSA) is 20.3 Å². The van der Waals surface area contributed by atoms with Crippen molar-refractivity contribution in [3.05, 3.63) is 59.7 Å². The molecule has 2 aromatic rings. The Hall–Kier alpha value is -1.74. The van der Waals surface area contributed by atoms with Gasteiger partial charge in [0.1, 0.15) is 11.7 Å². The second-order valence-corrected chi connectivity index (χ2v) is 5.46. The maximum Gasteiger partial charge on any atom is 0.150 e. The minimum atomic E-state index is 0.295. The molecule has 0 aromatic heterocycles.